The number of amides is 1. The summed E-state index contributed by atoms with van der Waals surface area (Å²) in [6.45, 7) is 8.72. The third-order valence-electron chi connectivity index (χ3n) is 6.44. The molecule has 1 saturated carbocycles. The van der Waals surface area contributed by atoms with Crippen LogP contribution in [-0.4, -0.2) is 44.5 Å². The zero-order chi connectivity index (χ0) is 19.7. The molecule has 2 aromatic rings. The van der Waals surface area contributed by atoms with Crippen molar-refractivity contribution in [3.8, 4) is 0 Å². The first kappa shape index (κ1) is 19.0. The Morgan fingerprint density at radius 1 is 1.21 bits per heavy atom. The van der Waals surface area contributed by atoms with Gasteiger partial charge in [-0.25, -0.2) is 9.97 Å². The number of aryl methyl sites for hydroxylation is 1. The molecule has 4 rings (SSSR count). The SMILES string of the molecule is CCn1c(C)cc(C(=O)N2CCC(c3ccnc(NC4CCC4)n3)CC2)c1C. The minimum absolute atomic E-state index is 0.168. The van der Waals surface area contributed by atoms with E-state index in [-0.39, 0.29) is 5.91 Å². The third kappa shape index (κ3) is 3.64. The van der Waals surface area contributed by atoms with E-state index in [0.29, 0.717) is 12.0 Å². The lowest BCUT2D eigenvalue weighted by molar-refractivity contribution is 0.0711. The van der Waals surface area contributed by atoms with Crippen LogP contribution in [0.5, 0.6) is 0 Å². The van der Waals surface area contributed by atoms with Gasteiger partial charge in [0.15, 0.2) is 0 Å². The van der Waals surface area contributed by atoms with Crippen molar-refractivity contribution in [2.24, 2.45) is 0 Å². The molecule has 28 heavy (non-hydrogen) atoms. The first-order chi connectivity index (χ1) is 13.6. The maximum atomic E-state index is 13.0. The number of anilines is 1. The van der Waals surface area contributed by atoms with Crippen molar-refractivity contribution in [3.05, 3.63) is 41.0 Å². The quantitative estimate of drug-likeness (QED) is 0.853. The molecule has 2 aromatic heterocycles. The van der Waals surface area contributed by atoms with Crippen LogP contribution in [-0.2, 0) is 6.54 Å². The van der Waals surface area contributed by atoms with Gasteiger partial charge < -0.3 is 14.8 Å². The molecule has 6 heteroatoms. The van der Waals surface area contributed by atoms with Crippen LogP contribution in [0.1, 0.15) is 72.4 Å². The molecular weight excluding hydrogens is 350 g/mol. The topological polar surface area (TPSA) is 63.1 Å². The number of aromatic nitrogens is 3. The monoisotopic (exact) mass is 381 g/mol. The van der Waals surface area contributed by atoms with Crippen molar-refractivity contribution < 1.29 is 4.79 Å². The molecule has 0 bridgehead atoms. The van der Waals surface area contributed by atoms with Crippen molar-refractivity contribution >= 4 is 11.9 Å². The fourth-order valence-corrected chi connectivity index (χ4v) is 4.46. The number of rotatable bonds is 5. The van der Waals surface area contributed by atoms with Crippen LogP contribution in [0.2, 0.25) is 0 Å². The minimum atomic E-state index is 0.168. The number of hydrogen-bond donors (Lipinski definition) is 1. The molecule has 1 aliphatic heterocycles. The molecule has 3 heterocycles. The number of hydrogen-bond acceptors (Lipinski definition) is 4. The second-order valence-electron chi connectivity index (χ2n) is 8.17. The summed E-state index contributed by atoms with van der Waals surface area (Å²) >= 11 is 0. The molecule has 0 radical (unpaired) electrons. The van der Waals surface area contributed by atoms with E-state index in [1.165, 1.54) is 19.3 Å². The largest absolute Gasteiger partial charge is 0.351 e. The van der Waals surface area contributed by atoms with Gasteiger partial charge in [0.1, 0.15) is 0 Å². The maximum Gasteiger partial charge on any atom is 0.255 e. The summed E-state index contributed by atoms with van der Waals surface area (Å²) in [6.07, 6.45) is 7.50. The van der Waals surface area contributed by atoms with Crippen molar-refractivity contribution in [1.29, 1.82) is 0 Å². The van der Waals surface area contributed by atoms with E-state index in [1.54, 1.807) is 0 Å². The van der Waals surface area contributed by atoms with Gasteiger partial charge in [0.25, 0.3) is 5.91 Å². The number of piperidine rings is 1. The van der Waals surface area contributed by atoms with Crippen molar-refractivity contribution in [2.45, 2.75) is 71.4 Å². The lowest BCUT2D eigenvalue weighted by Crippen LogP contribution is -2.38. The number of carbonyl (C=O) groups excluding carboxylic acids is 1. The molecule has 1 N–H and O–H groups in total. The van der Waals surface area contributed by atoms with Crippen LogP contribution in [0.3, 0.4) is 0 Å². The second kappa shape index (κ2) is 7.94. The van der Waals surface area contributed by atoms with Gasteiger partial charge in [0.2, 0.25) is 5.95 Å². The summed E-state index contributed by atoms with van der Waals surface area (Å²) in [7, 11) is 0. The lowest BCUT2D eigenvalue weighted by Gasteiger charge is -2.32. The van der Waals surface area contributed by atoms with Crippen LogP contribution in [0, 0.1) is 13.8 Å². The fraction of sp³-hybridized carbons (Fsp3) is 0.591. The van der Waals surface area contributed by atoms with E-state index in [1.807, 2.05) is 30.2 Å². The van der Waals surface area contributed by atoms with E-state index < -0.39 is 0 Å². The van der Waals surface area contributed by atoms with Gasteiger partial charge in [-0.2, -0.15) is 0 Å². The summed E-state index contributed by atoms with van der Waals surface area (Å²) in [6, 6.07) is 4.61. The van der Waals surface area contributed by atoms with Crippen LogP contribution in [0.25, 0.3) is 0 Å². The highest BCUT2D eigenvalue weighted by atomic mass is 16.2. The Bertz CT molecular complexity index is 847. The molecule has 1 saturated heterocycles. The van der Waals surface area contributed by atoms with Gasteiger partial charge >= 0.3 is 0 Å². The first-order valence-electron chi connectivity index (χ1n) is 10.6. The van der Waals surface area contributed by atoms with Crippen molar-refractivity contribution in [2.75, 3.05) is 18.4 Å². The predicted molar refractivity (Wildman–Crippen MR) is 111 cm³/mol. The van der Waals surface area contributed by atoms with E-state index in [2.05, 4.69) is 28.7 Å². The van der Waals surface area contributed by atoms with Crippen LogP contribution in [0.4, 0.5) is 5.95 Å². The predicted octanol–water partition coefficient (Wildman–Crippen LogP) is 3.90. The van der Waals surface area contributed by atoms with E-state index in [0.717, 1.165) is 61.1 Å². The highest BCUT2D eigenvalue weighted by molar-refractivity contribution is 5.95. The zero-order valence-corrected chi connectivity index (χ0v) is 17.2. The molecule has 0 unspecified atom stereocenters. The molecule has 1 amide bonds. The van der Waals surface area contributed by atoms with Crippen molar-refractivity contribution in [3.63, 3.8) is 0 Å². The summed E-state index contributed by atoms with van der Waals surface area (Å²) < 4.78 is 2.21. The molecule has 150 valence electrons. The first-order valence-corrected chi connectivity index (χ1v) is 10.6. The maximum absolute atomic E-state index is 13.0. The molecular formula is C22H31N5O. The van der Waals surface area contributed by atoms with Crippen molar-refractivity contribution in [1.82, 2.24) is 19.4 Å². The van der Waals surface area contributed by atoms with Gasteiger partial charge in [-0.15, -0.1) is 0 Å². The Labute approximate surface area is 167 Å². The summed E-state index contributed by atoms with van der Waals surface area (Å²) in [4.78, 5) is 24.2. The van der Waals surface area contributed by atoms with Gasteiger partial charge in [0.05, 0.1) is 5.56 Å². The summed E-state index contributed by atoms with van der Waals surface area (Å²) in [5.74, 6) is 1.33. The third-order valence-corrected chi connectivity index (χ3v) is 6.44. The van der Waals surface area contributed by atoms with Crippen LogP contribution < -0.4 is 5.32 Å². The van der Waals surface area contributed by atoms with E-state index >= 15 is 0 Å². The van der Waals surface area contributed by atoms with Crippen LogP contribution >= 0.6 is 0 Å². The minimum Gasteiger partial charge on any atom is -0.351 e. The van der Waals surface area contributed by atoms with Gasteiger partial charge in [-0.05, 0) is 65.0 Å². The second-order valence-corrected chi connectivity index (χ2v) is 8.17. The lowest BCUT2D eigenvalue weighted by atomic mass is 9.92. The molecule has 2 fully saturated rings. The number of nitrogens with one attached hydrogen (secondary N) is 1. The summed E-state index contributed by atoms with van der Waals surface area (Å²) in [5, 5.41) is 3.44. The number of nitrogens with zero attached hydrogens (tertiary/aromatic N) is 4. The van der Waals surface area contributed by atoms with E-state index in [4.69, 9.17) is 4.98 Å². The summed E-state index contributed by atoms with van der Waals surface area (Å²) in [5.41, 5.74) is 4.19. The normalized spacial score (nSPS) is 18.2. The Balaban J connectivity index is 1.39. The Morgan fingerprint density at radius 2 is 1.96 bits per heavy atom. The van der Waals surface area contributed by atoms with Gasteiger partial charge in [-0.3, -0.25) is 4.79 Å². The average Bonchev–Trinajstić information content (AvgIpc) is 2.98. The molecule has 2 aliphatic rings. The number of carbonyl (C=O) groups is 1. The Hall–Kier alpha value is -2.37. The molecule has 1 aliphatic carbocycles. The fourth-order valence-electron chi connectivity index (χ4n) is 4.46. The molecule has 0 aromatic carbocycles. The molecule has 0 spiro atoms. The number of likely N-dealkylation sites (tertiary alicyclic amines) is 1. The Kier molecular flexibility index (Phi) is 5.38. The highest BCUT2D eigenvalue weighted by Gasteiger charge is 2.27. The highest BCUT2D eigenvalue weighted by Crippen LogP contribution is 2.29. The molecule has 0 atom stereocenters. The van der Waals surface area contributed by atoms with Gasteiger partial charge in [-0.1, -0.05) is 0 Å². The Morgan fingerprint density at radius 3 is 2.57 bits per heavy atom. The standard InChI is InChI=1S/C22H31N5O/c1-4-27-15(2)14-19(16(27)3)21(28)26-12-9-17(10-13-26)20-8-11-23-22(25-20)24-18-6-5-7-18/h8,11,14,17-18H,4-7,9-10,12-13H2,1-3H3,(H,23,24,25). The van der Waals surface area contributed by atoms with Gasteiger partial charge in [0, 0.05) is 54.9 Å². The smallest absolute Gasteiger partial charge is 0.255 e. The average molecular weight is 382 g/mol. The zero-order valence-electron chi connectivity index (χ0n) is 17.2. The van der Waals surface area contributed by atoms with E-state index in [9.17, 15) is 4.79 Å². The van der Waals surface area contributed by atoms with Crippen LogP contribution in [0.15, 0.2) is 18.3 Å². The molecule has 6 nitrogen and oxygen atoms in total.